The number of nitrogens with zero attached hydrogens (tertiary/aromatic N) is 1. The average molecular weight is 578 g/mol. The van der Waals surface area contributed by atoms with Gasteiger partial charge in [-0.05, 0) is 59.9 Å². The topological polar surface area (TPSA) is 132 Å². The Morgan fingerprint density at radius 2 is 1.83 bits per heavy atom. The Hall–Kier alpha value is -4.08. The maximum Gasteiger partial charge on any atom is 0.337 e. The van der Waals surface area contributed by atoms with Gasteiger partial charge in [0.05, 0.1) is 17.3 Å². The van der Waals surface area contributed by atoms with Crippen molar-refractivity contribution in [3.63, 3.8) is 0 Å². The Kier molecular flexibility index (Phi) is 7.21. The van der Waals surface area contributed by atoms with Gasteiger partial charge in [0.2, 0.25) is 0 Å². The predicted octanol–water partition coefficient (Wildman–Crippen LogP) is 6.05. The minimum atomic E-state index is -1.26. The van der Waals surface area contributed by atoms with Gasteiger partial charge in [-0.3, -0.25) is 9.59 Å². The van der Waals surface area contributed by atoms with E-state index in [4.69, 9.17) is 16.0 Å². The standard InChI is InChI=1S/C31H32ClN3O6/c1-6-16-8-12-22(41-16)28(31(3,4)5)34-25-24(26(36)27(25)37)33-20-11-10-19(32)18-14-35(29(38)23(18)20)21-13-15(2)7-9-17(21)30(39)40/h7-13,28-29,33-34,38H,6,14H2,1-5H3,(H,39,40)/t28-,29?/m0/s1. The molecular weight excluding hydrogens is 546 g/mol. The van der Waals surface area contributed by atoms with Crippen LogP contribution in [0.1, 0.15) is 78.5 Å². The number of carboxylic acid groups (broad SMARTS) is 1. The van der Waals surface area contributed by atoms with E-state index in [-0.39, 0.29) is 28.9 Å². The van der Waals surface area contributed by atoms with E-state index >= 15 is 0 Å². The first kappa shape index (κ1) is 28.4. The zero-order valence-electron chi connectivity index (χ0n) is 23.5. The number of furan rings is 1. The minimum Gasteiger partial charge on any atom is -0.478 e. The van der Waals surface area contributed by atoms with E-state index in [1.807, 2.05) is 46.8 Å². The van der Waals surface area contributed by atoms with Crippen molar-refractivity contribution < 1.29 is 19.4 Å². The molecule has 41 heavy (non-hydrogen) atoms. The molecule has 1 aliphatic rings. The zero-order valence-corrected chi connectivity index (χ0v) is 24.2. The molecule has 0 radical (unpaired) electrons. The Morgan fingerprint density at radius 1 is 1.12 bits per heavy atom. The monoisotopic (exact) mass is 577 g/mol. The summed E-state index contributed by atoms with van der Waals surface area (Å²) < 4.78 is 5.99. The largest absolute Gasteiger partial charge is 0.478 e. The third kappa shape index (κ3) is 5.00. The van der Waals surface area contributed by atoms with Crippen LogP contribution in [0.3, 0.4) is 0 Å². The van der Waals surface area contributed by atoms with Gasteiger partial charge in [0.1, 0.15) is 22.9 Å². The van der Waals surface area contributed by atoms with E-state index in [0.29, 0.717) is 33.3 Å². The van der Waals surface area contributed by atoms with Crippen LogP contribution in [-0.4, -0.2) is 16.2 Å². The van der Waals surface area contributed by atoms with Crippen molar-refractivity contribution in [3.8, 4) is 0 Å². The first-order chi connectivity index (χ1) is 19.3. The number of aliphatic hydroxyl groups is 1. The van der Waals surface area contributed by atoms with Gasteiger partial charge in [-0.1, -0.05) is 45.4 Å². The minimum absolute atomic E-state index is 0.0411. The molecule has 0 amide bonds. The number of carboxylic acids is 1. The molecule has 2 heterocycles. The second-order valence-electron chi connectivity index (χ2n) is 11.4. The summed E-state index contributed by atoms with van der Waals surface area (Å²) in [5, 5.41) is 27.9. The zero-order chi connectivity index (χ0) is 29.8. The maximum atomic E-state index is 12.8. The number of halogens is 1. The molecule has 4 N–H and O–H groups in total. The molecule has 0 saturated carbocycles. The molecular formula is C31H32ClN3O6. The van der Waals surface area contributed by atoms with Crippen LogP contribution in [0.2, 0.25) is 5.02 Å². The first-order valence-corrected chi connectivity index (χ1v) is 13.7. The third-order valence-electron chi connectivity index (χ3n) is 7.51. The number of nitrogens with one attached hydrogen (secondary N) is 2. The smallest absolute Gasteiger partial charge is 0.337 e. The molecule has 0 spiro atoms. The van der Waals surface area contributed by atoms with Gasteiger partial charge in [0, 0.05) is 29.2 Å². The summed E-state index contributed by atoms with van der Waals surface area (Å²) in [5.74, 6) is 0.344. The van der Waals surface area contributed by atoms with Crippen molar-refractivity contribution in [2.75, 3.05) is 15.5 Å². The molecule has 4 aromatic rings. The summed E-state index contributed by atoms with van der Waals surface area (Å²) in [6, 6.07) is 11.5. The molecule has 3 aromatic carbocycles. The fourth-order valence-electron chi connectivity index (χ4n) is 5.27. The normalized spacial score (nSPS) is 15.7. The van der Waals surface area contributed by atoms with Crippen molar-refractivity contribution in [2.24, 2.45) is 5.41 Å². The summed E-state index contributed by atoms with van der Waals surface area (Å²) in [7, 11) is 0. The molecule has 214 valence electrons. The Balaban J connectivity index is 1.51. The lowest BCUT2D eigenvalue weighted by Gasteiger charge is -2.32. The highest BCUT2D eigenvalue weighted by molar-refractivity contribution is 6.31. The van der Waals surface area contributed by atoms with Gasteiger partial charge in [-0.15, -0.1) is 0 Å². The van der Waals surface area contributed by atoms with Crippen molar-refractivity contribution in [1.82, 2.24) is 0 Å². The van der Waals surface area contributed by atoms with Gasteiger partial charge in [0.25, 0.3) is 10.9 Å². The molecule has 0 aliphatic carbocycles. The number of hydrogen-bond donors (Lipinski definition) is 4. The summed E-state index contributed by atoms with van der Waals surface area (Å²) in [4.78, 5) is 39.0. The lowest BCUT2D eigenvalue weighted by molar-refractivity contribution is 0.0697. The molecule has 1 aliphatic heterocycles. The number of anilines is 4. The van der Waals surface area contributed by atoms with Crippen LogP contribution in [0.15, 0.2) is 56.5 Å². The van der Waals surface area contributed by atoms with E-state index in [1.165, 1.54) is 6.07 Å². The van der Waals surface area contributed by atoms with Crippen LogP contribution >= 0.6 is 11.6 Å². The van der Waals surface area contributed by atoms with Crippen LogP contribution < -0.4 is 26.4 Å². The van der Waals surface area contributed by atoms with Crippen molar-refractivity contribution in [3.05, 3.63) is 102 Å². The van der Waals surface area contributed by atoms with Gasteiger partial charge >= 0.3 is 5.97 Å². The Bertz CT molecular complexity index is 1730. The average Bonchev–Trinajstić information content (AvgIpc) is 3.53. The SMILES string of the molecule is CCc1ccc([C@H](Nc2c(Nc3ccc(Cl)c4c3C(O)N(c3cc(C)ccc3C(=O)O)C4)c(=O)c2=O)C(C)(C)C)o1. The van der Waals surface area contributed by atoms with Gasteiger partial charge in [0.15, 0.2) is 6.23 Å². The van der Waals surface area contributed by atoms with E-state index in [1.54, 1.807) is 29.2 Å². The molecule has 0 saturated heterocycles. The van der Waals surface area contributed by atoms with Gasteiger partial charge < -0.3 is 30.2 Å². The van der Waals surface area contributed by atoms with Crippen LogP contribution in [0.5, 0.6) is 0 Å². The summed E-state index contributed by atoms with van der Waals surface area (Å²) in [5.41, 5.74) is 1.09. The highest BCUT2D eigenvalue weighted by Gasteiger charge is 2.37. The number of aromatic carboxylic acids is 1. The molecule has 0 fully saturated rings. The number of carbonyl (C=O) groups is 1. The van der Waals surface area contributed by atoms with Crippen molar-refractivity contribution in [1.29, 1.82) is 0 Å². The fraction of sp³-hybridized carbons (Fsp3) is 0.323. The molecule has 2 atom stereocenters. The number of aliphatic hydroxyl groups excluding tert-OH is 1. The number of hydrogen-bond acceptors (Lipinski definition) is 8. The highest BCUT2D eigenvalue weighted by Crippen LogP contribution is 2.45. The molecule has 5 rings (SSSR count). The summed E-state index contributed by atoms with van der Waals surface area (Å²) >= 11 is 6.52. The second kappa shape index (κ2) is 10.4. The number of aryl methyl sites for hydroxylation is 2. The van der Waals surface area contributed by atoms with E-state index < -0.39 is 29.1 Å². The quantitative estimate of drug-likeness (QED) is 0.185. The van der Waals surface area contributed by atoms with E-state index in [0.717, 1.165) is 17.7 Å². The highest BCUT2D eigenvalue weighted by atomic mass is 35.5. The molecule has 10 heteroatoms. The molecule has 0 bridgehead atoms. The summed E-state index contributed by atoms with van der Waals surface area (Å²) in [6.45, 7) is 9.99. The Morgan fingerprint density at radius 3 is 2.46 bits per heavy atom. The number of rotatable bonds is 8. The van der Waals surface area contributed by atoms with Gasteiger partial charge in [-0.2, -0.15) is 0 Å². The third-order valence-corrected chi connectivity index (χ3v) is 7.87. The van der Waals surface area contributed by atoms with Crippen molar-refractivity contribution >= 4 is 40.3 Å². The molecule has 1 unspecified atom stereocenters. The van der Waals surface area contributed by atoms with Crippen LogP contribution in [0, 0.1) is 12.3 Å². The summed E-state index contributed by atoms with van der Waals surface area (Å²) in [6.07, 6.45) is -0.534. The van der Waals surface area contributed by atoms with Crippen LogP contribution in [-0.2, 0) is 13.0 Å². The van der Waals surface area contributed by atoms with Crippen LogP contribution in [0.25, 0.3) is 0 Å². The number of fused-ring (bicyclic) bond motifs is 1. The van der Waals surface area contributed by atoms with E-state index in [9.17, 15) is 24.6 Å². The maximum absolute atomic E-state index is 12.8. The lowest BCUT2D eigenvalue weighted by Crippen LogP contribution is -2.39. The van der Waals surface area contributed by atoms with E-state index in [2.05, 4.69) is 10.6 Å². The second-order valence-corrected chi connectivity index (χ2v) is 11.9. The molecule has 9 nitrogen and oxygen atoms in total. The fourth-order valence-corrected chi connectivity index (χ4v) is 5.50. The first-order valence-electron chi connectivity index (χ1n) is 13.4. The number of benzene rings is 2. The van der Waals surface area contributed by atoms with Gasteiger partial charge in [-0.25, -0.2) is 4.79 Å². The Labute approximate surface area is 242 Å². The van der Waals surface area contributed by atoms with Crippen molar-refractivity contribution in [2.45, 2.75) is 59.9 Å². The molecule has 1 aromatic heterocycles. The lowest BCUT2D eigenvalue weighted by atomic mass is 9.85. The predicted molar refractivity (Wildman–Crippen MR) is 159 cm³/mol. The van der Waals surface area contributed by atoms with Crippen LogP contribution in [0.4, 0.5) is 22.7 Å².